The molecular formula is C14H22N4O. The van der Waals surface area contributed by atoms with E-state index in [0.717, 1.165) is 49.7 Å². The zero-order valence-corrected chi connectivity index (χ0v) is 11.9. The number of nitrogens with one attached hydrogen (secondary N) is 1. The monoisotopic (exact) mass is 262 g/mol. The van der Waals surface area contributed by atoms with Gasteiger partial charge in [0.05, 0.1) is 6.10 Å². The summed E-state index contributed by atoms with van der Waals surface area (Å²) < 4.78 is 5.70. The molecule has 2 saturated heterocycles. The van der Waals surface area contributed by atoms with Crippen molar-refractivity contribution in [2.45, 2.75) is 26.9 Å². The zero-order chi connectivity index (χ0) is 13.4. The minimum Gasteiger partial charge on any atom is -0.475 e. The Bertz CT molecular complexity index is 451. The van der Waals surface area contributed by atoms with E-state index in [0.29, 0.717) is 5.88 Å². The van der Waals surface area contributed by atoms with Gasteiger partial charge in [0.1, 0.15) is 0 Å². The van der Waals surface area contributed by atoms with Gasteiger partial charge in [-0.3, -0.25) is 0 Å². The summed E-state index contributed by atoms with van der Waals surface area (Å²) in [6.07, 6.45) is 0.143. The average Bonchev–Trinajstić information content (AvgIpc) is 2.86. The van der Waals surface area contributed by atoms with Crippen molar-refractivity contribution >= 4 is 5.95 Å². The summed E-state index contributed by atoms with van der Waals surface area (Å²) >= 11 is 0. The normalized spacial score (nSPS) is 26.0. The van der Waals surface area contributed by atoms with E-state index in [1.807, 2.05) is 26.8 Å². The van der Waals surface area contributed by atoms with E-state index >= 15 is 0 Å². The van der Waals surface area contributed by atoms with Crippen molar-refractivity contribution in [3.05, 3.63) is 11.8 Å². The van der Waals surface area contributed by atoms with Crippen LogP contribution < -0.4 is 15.0 Å². The van der Waals surface area contributed by atoms with Gasteiger partial charge in [-0.1, -0.05) is 0 Å². The second-order valence-corrected chi connectivity index (χ2v) is 5.90. The molecule has 0 spiro atoms. The predicted octanol–water partition coefficient (Wildman–Crippen LogP) is 1.23. The van der Waals surface area contributed by atoms with E-state index in [4.69, 9.17) is 4.74 Å². The highest BCUT2D eigenvalue weighted by Crippen LogP contribution is 2.29. The molecule has 104 valence electrons. The fourth-order valence-corrected chi connectivity index (χ4v) is 2.99. The molecule has 2 aliphatic rings. The number of anilines is 1. The lowest BCUT2D eigenvalue weighted by Gasteiger charge is -2.19. The van der Waals surface area contributed by atoms with Crippen LogP contribution in [0, 0.1) is 18.8 Å². The minimum absolute atomic E-state index is 0.143. The molecule has 0 bridgehead atoms. The standard InChI is InChI=1S/C14H22N4O/c1-9(2)19-13-4-10(3)16-14(17-13)18-7-11-5-15-6-12(11)8-18/h4,9,11-12,15H,5-8H2,1-3H3. The Hall–Kier alpha value is -1.36. The molecule has 0 radical (unpaired) electrons. The van der Waals surface area contributed by atoms with Gasteiger partial charge in [-0.15, -0.1) is 0 Å². The fraction of sp³-hybridized carbons (Fsp3) is 0.714. The molecule has 5 heteroatoms. The van der Waals surface area contributed by atoms with E-state index < -0.39 is 0 Å². The largest absolute Gasteiger partial charge is 0.475 e. The lowest BCUT2D eigenvalue weighted by molar-refractivity contribution is 0.232. The minimum atomic E-state index is 0.143. The maximum Gasteiger partial charge on any atom is 0.228 e. The van der Waals surface area contributed by atoms with E-state index in [1.54, 1.807) is 0 Å². The Balaban J connectivity index is 1.79. The third kappa shape index (κ3) is 2.66. The first-order valence-electron chi connectivity index (χ1n) is 7.10. The Kier molecular flexibility index (Phi) is 3.31. The van der Waals surface area contributed by atoms with Crippen molar-refractivity contribution in [2.75, 3.05) is 31.1 Å². The molecule has 2 fully saturated rings. The van der Waals surface area contributed by atoms with Crippen molar-refractivity contribution in [2.24, 2.45) is 11.8 Å². The SMILES string of the molecule is Cc1cc(OC(C)C)nc(N2CC3CNCC3C2)n1. The van der Waals surface area contributed by atoms with Gasteiger partial charge in [-0.05, 0) is 32.6 Å². The van der Waals surface area contributed by atoms with Gasteiger partial charge in [-0.2, -0.15) is 4.98 Å². The first-order chi connectivity index (χ1) is 9.11. The van der Waals surface area contributed by atoms with E-state index in [2.05, 4.69) is 20.2 Å². The molecule has 3 heterocycles. The summed E-state index contributed by atoms with van der Waals surface area (Å²) in [7, 11) is 0. The van der Waals surface area contributed by atoms with Crippen molar-refractivity contribution in [1.29, 1.82) is 0 Å². The smallest absolute Gasteiger partial charge is 0.228 e. The number of aryl methyl sites for hydroxylation is 1. The number of hydrogen-bond donors (Lipinski definition) is 1. The lowest BCUT2D eigenvalue weighted by atomic mass is 10.0. The van der Waals surface area contributed by atoms with Crippen molar-refractivity contribution < 1.29 is 4.74 Å². The second kappa shape index (κ2) is 4.96. The quantitative estimate of drug-likeness (QED) is 0.888. The molecule has 0 saturated carbocycles. The summed E-state index contributed by atoms with van der Waals surface area (Å²) in [4.78, 5) is 11.4. The second-order valence-electron chi connectivity index (χ2n) is 5.90. The maximum atomic E-state index is 5.70. The molecule has 19 heavy (non-hydrogen) atoms. The van der Waals surface area contributed by atoms with Crippen LogP contribution in [0.1, 0.15) is 19.5 Å². The van der Waals surface area contributed by atoms with Gasteiger partial charge in [-0.25, -0.2) is 4.98 Å². The van der Waals surface area contributed by atoms with Gasteiger partial charge >= 0.3 is 0 Å². The molecule has 2 unspecified atom stereocenters. The average molecular weight is 262 g/mol. The third-order valence-electron chi connectivity index (χ3n) is 3.85. The first kappa shape index (κ1) is 12.7. The number of hydrogen-bond acceptors (Lipinski definition) is 5. The Morgan fingerprint density at radius 1 is 1.26 bits per heavy atom. The number of aromatic nitrogens is 2. The summed E-state index contributed by atoms with van der Waals surface area (Å²) in [6, 6.07) is 1.90. The van der Waals surface area contributed by atoms with Gasteiger partial charge in [0, 0.05) is 37.9 Å². The van der Waals surface area contributed by atoms with Gasteiger partial charge < -0.3 is 15.0 Å². The van der Waals surface area contributed by atoms with E-state index in [1.165, 1.54) is 0 Å². The lowest BCUT2D eigenvalue weighted by Crippen LogP contribution is -2.27. The van der Waals surface area contributed by atoms with Crippen molar-refractivity contribution in [3.8, 4) is 5.88 Å². The molecule has 0 aromatic carbocycles. The third-order valence-corrected chi connectivity index (χ3v) is 3.85. The molecule has 1 N–H and O–H groups in total. The van der Waals surface area contributed by atoms with Crippen molar-refractivity contribution in [1.82, 2.24) is 15.3 Å². The van der Waals surface area contributed by atoms with Crippen LogP contribution in [0.15, 0.2) is 6.07 Å². The molecule has 5 nitrogen and oxygen atoms in total. The van der Waals surface area contributed by atoms with Crippen molar-refractivity contribution in [3.63, 3.8) is 0 Å². The van der Waals surface area contributed by atoms with Crippen LogP contribution in [-0.4, -0.2) is 42.3 Å². The molecule has 2 atom stereocenters. The zero-order valence-electron chi connectivity index (χ0n) is 11.9. The van der Waals surface area contributed by atoms with E-state index in [-0.39, 0.29) is 6.10 Å². The molecular weight excluding hydrogens is 240 g/mol. The van der Waals surface area contributed by atoms with Crippen LogP contribution in [0.5, 0.6) is 5.88 Å². The predicted molar refractivity (Wildman–Crippen MR) is 74.6 cm³/mol. The van der Waals surface area contributed by atoms with Crippen LogP contribution in [0.3, 0.4) is 0 Å². The molecule has 1 aromatic heterocycles. The molecule has 1 aromatic rings. The number of ether oxygens (including phenoxy) is 1. The van der Waals surface area contributed by atoms with Crippen LogP contribution in [0.25, 0.3) is 0 Å². The molecule has 2 aliphatic heterocycles. The first-order valence-corrected chi connectivity index (χ1v) is 7.10. The summed E-state index contributed by atoms with van der Waals surface area (Å²) in [6.45, 7) is 10.4. The Morgan fingerprint density at radius 2 is 1.95 bits per heavy atom. The van der Waals surface area contributed by atoms with Crippen LogP contribution in [0.2, 0.25) is 0 Å². The summed E-state index contributed by atoms with van der Waals surface area (Å²) in [5.74, 6) is 3.01. The highest BCUT2D eigenvalue weighted by atomic mass is 16.5. The highest BCUT2D eigenvalue weighted by molar-refractivity contribution is 5.36. The van der Waals surface area contributed by atoms with Gasteiger partial charge in [0.2, 0.25) is 11.8 Å². The topological polar surface area (TPSA) is 50.3 Å². The number of rotatable bonds is 3. The summed E-state index contributed by atoms with van der Waals surface area (Å²) in [5.41, 5.74) is 0.968. The van der Waals surface area contributed by atoms with Crippen LogP contribution >= 0.6 is 0 Å². The van der Waals surface area contributed by atoms with Gasteiger partial charge in [0.15, 0.2) is 0 Å². The molecule has 0 aliphatic carbocycles. The maximum absolute atomic E-state index is 5.70. The molecule has 0 amide bonds. The molecule has 3 rings (SSSR count). The summed E-state index contributed by atoms with van der Waals surface area (Å²) in [5, 5.41) is 3.45. The number of nitrogens with zero attached hydrogens (tertiary/aromatic N) is 3. The van der Waals surface area contributed by atoms with Crippen LogP contribution in [-0.2, 0) is 0 Å². The van der Waals surface area contributed by atoms with Gasteiger partial charge in [0.25, 0.3) is 0 Å². The van der Waals surface area contributed by atoms with E-state index in [9.17, 15) is 0 Å². The Labute approximate surface area is 114 Å². The van der Waals surface area contributed by atoms with Crippen LogP contribution in [0.4, 0.5) is 5.95 Å². The highest BCUT2D eigenvalue weighted by Gasteiger charge is 2.37. The Morgan fingerprint density at radius 3 is 2.58 bits per heavy atom. The fourth-order valence-electron chi connectivity index (χ4n) is 2.99. The number of fused-ring (bicyclic) bond motifs is 1.